The Balaban J connectivity index is 1.90. The van der Waals surface area contributed by atoms with Crippen molar-refractivity contribution in [2.24, 2.45) is 5.84 Å². The molecule has 0 unspecified atom stereocenters. The third-order valence-electron chi connectivity index (χ3n) is 4.09. The molecular weight excluding hydrogens is 254 g/mol. The number of carbonyl (C=O) groups excluding carboxylic acids is 1. The first-order valence-corrected chi connectivity index (χ1v) is 6.94. The summed E-state index contributed by atoms with van der Waals surface area (Å²) >= 11 is 0. The Morgan fingerprint density at radius 2 is 1.95 bits per heavy atom. The van der Waals surface area contributed by atoms with Crippen molar-refractivity contribution >= 4 is 5.97 Å². The maximum absolute atomic E-state index is 11.4. The molecule has 1 saturated heterocycles. The Labute approximate surface area is 120 Å². The molecule has 0 aliphatic carbocycles. The molecule has 0 saturated carbocycles. The van der Waals surface area contributed by atoms with Crippen molar-refractivity contribution in [1.29, 1.82) is 0 Å². The van der Waals surface area contributed by atoms with E-state index in [-0.39, 0.29) is 11.5 Å². The van der Waals surface area contributed by atoms with Crippen LogP contribution in [0.25, 0.3) is 0 Å². The van der Waals surface area contributed by atoms with Gasteiger partial charge < -0.3 is 4.74 Å². The Hall–Kier alpha value is -1.43. The van der Waals surface area contributed by atoms with Crippen molar-refractivity contribution in [2.75, 3.05) is 20.2 Å². The van der Waals surface area contributed by atoms with E-state index in [1.54, 1.807) is 0 Å². The van der Waals surface area contributed by atoms with Crippen LogP contribution in [0.15, 0.2) is 24.3 Å². The summed E-state index contributed by atoms with van der Waals surface area (Å²) in [6.07, 6.45) is 2.09. The molecule has 20 heavy (non-hydrogen) atoms. The van der Waals surface area contributed by atoms with E-state index >= 15 is 0 Å². The van der Waals surface area contributed by atoms with Gasteiger partial charge in [-0.15, -0.1) is 0 Å². The van der Waals surface area contributed by atoms with Gasteiger partial charge in [0, 0.05) is 25.2 Å². The minimum atomic E-state index is -0.292. The van der Waals surface area contributed by atoms with Crippen LogP contribution < -0.4 is 11.3 Å². The predicted molar refractivity (Wildman–Crippen MR) is 78.0 cm³/mol. The first-order chi connectivity index (χ1) is 9.56. The van der Waals surface area contributed by atoms with E-state index < -0.39 is 0 Å². The number of benzene rings is 1. The van der Waals surface area contributed by atoms with Gasteiger partial charge in [-0.05, 0) is 37.5 Å². The summed E-state index contributed by atoms with van der Waals surface area (Å²) in [7, 11) is 1.40. The van der Waals surface area contributed by atoms with Crippen LogP contribution in [0.1, 0.15) is 35.7 Å². The lowest BCUT2D eigenvalue weighted by molar-refractivity contribution is 0.0600. The average Bonchev–Trinajstić information content (AvgIpc) is 2.50. The van der Waals surface area contributed by atoms with Crippen molar-refractivity contribution in [2.45, 2.75) is 31.8 Å². The zero-order valence-corrected chi connectivity index (χ0v) is 12.2. The van der Waals surface area contributed by atoms with E-state index in [4.69, 9.17) is 10.6 Å². The SMILES string of the molecule is COC(=O)c1ccc(CN2CCC(C)(NN)CC2)cc1. The summed E-state index contributed by atoms with van der Waals surface area (Å²) in [5, 5.41) is 0. The second-order valence-electron chi connectivity index (χ2n) is 5.67. The fourth-order valence-electron chi connectivity index (χ4n) is 2.47. The number of hydrogen-bond acceptors (Lipinski definition) is 5. The largest absolute Gasteiger partial charge is 0.465 e. The van der Waals surface area contributed by atoms with Crippen LogP contribution >= 0.6 is 0 Å². The molecule has 5 nitrogen and oxygen atoms in total. The van der Waals surface area contributed by atoms with Crippen LogP contribution in [0.5, 0.6) is 0 Å². The number of piperidine rings is 1. The van der Waals surface area contributed by atoms with E-state index in [1.807, 2.05) is 24.3 Å². The molecule has 3 N–H and O–H groups in total. The van der Waals surface area contributed by atoms with Crippen LogP contribution in [-0.2, 0) is 11.3 Å². The molecule has 1 aromatic carbocycles. The number of ether oxygens (including phenoxy) is 1. The lowest BCUT2D eigenvalue weighted by Gasteiger charge is -2.38. The third kappa shape index (κ3) is 3.56. The van der Waals surface area contributed by atoms with Crippen LogP contribution in [-0.4, -0.2) is 36.6 Å². The summed E-state index contributed by atoms with van der Waals surface area (Å²) in [5.74, 6) is 5.29. The van der Waals surface area contributed by atoms with E-state index in [0.29, 0.717) is 5.56 Å². The van der Waals surface area contributed by atoms with Gasteiger partial charge >= 0.3 is 5.97 Å². The molecule has 110 valence electrons. The molecule has 0 radical (unpaired) electrons. The number of likely N-dealkylation sites (tertiary alicyclic amines) is 1. The first-order valence-electron chi connectivity index (χ1n) is 6.94. The van der Waals surface area contributed by atoms with Gasteiger partial charge in [-0.2, -0.15) is 0 Å². The summed E-state index contributed by atoms with van der Waals surface area (Å²) in [4.78, 5) is 13.8. The van der Waals surface area contributed by atoms with Gasteiger partial charge in [0.2, 0.25) is 0 Å². The number of nitrogens with zero attached hydrogens (tertiary/aromatic N) is 1. The summed E-state index contributed by atoms with van der Waals surface area (Å²) in [6.45, 7) is 5.12. The predicted octanol–water partition coefficient (Wildman–Crippen LogP) is 1.29. The van der Waals surface area contributed by atoms with Gasteiger partial charge in [0.25, 0.3) is 0 Å². The Bertz CT molecular complexity index is 451. The Kier molecular flexibility index (Phi) is 4.75. The maximum Gasteiger partial charge on any atom is 0.337 e. The molecular formula is C15H23N3O2. The van der Waals surface area contributed by atoms with Crippen molar-refractivity contribution in [3.05, 3.63) is 35.4 Å². The highest BCUT2D eigenvalue weighted by molar-refractivity contribution is 5.89. The molecule has 0 amide bonds. The first kappa shape index (κ1) is 15.0. The second kappa shape index (κ2) is 6.35. The molecule has 5 heteroatoms. The molecule has 2 rings (SSSR count). The number of carbonyl (C=O) groups is 1. The van der Waals surface area contributed by atoms with Crippen molar-refractivity contribution in [3.63, 3.8) is 0 Å². The van der Waals surface area contributed by atoms with Crippen LogP contribution in [0.3, 0.4) is 0 Å². The van der Waals surface area contributed by atoms with E-state index in [1.165, 1.54) is 12.7 Å². The molecule has 0 atom stereocenters. The summed E-state index contributed by atoms with van der Waals surface area (Å²) < 4.78 is 4.69. The molecule has 0 aromatic heterocycles. The topological polar surface area (TPSA) is 67.6 Å². The third-order valence-corrected chi connectivity index (χ3v) is 4.09. The van der Waals surface area contributed by atoms with Crippen molar-refractivity contribution in [1.82, 2.24) is 10.3 Å². The molecule has 1 aliphatic rings. The molecule has 1 heterocycles. The fraction of sp³-hybridized carbons (Fsp3) is 0.533. The quantitative estimate of drug-likeness (QED) is 0.493. The number of esters is 1. The maximum atomic E-state index is 11.4. The summed E-state index contributed by atoms with van der Waals surface area (Å²) in [6, 6.07) is 7.61. The normalized spacial score (nSPS) is 18.8. The molecule has 1 aliphatic heterocycles. The van der Waals surface area contributed by atoms with Crippen molar-refractivity contribution in [3.8, 4) is 0 Å². The molecule has 0 spiro atoms. The van der Waals surface area contributed by atoms with Crippen LogP contribution in [0.2, 0.25) is 0 Å². The minimum absolute atomic E-state index is 0.0608. The number of hydrogen-bond donors (Lipinski definition) is 2. The van der Waals surface area contributed by atoms with Gasteiger partial charge in [0.1, 0.15) is 0 Å². The molecule has 1 aromatic rings. The monoisotopic (exact) mass is 277 g/mol. The van der Waals surface area contributed by atoms with Gasteiger partial charge in [-0.1, -0.05) is 12.1 Å². The highest BCUT2D eigenvalue weighted by Gasteiger charge is 2.28. The van der Waals surface area contributed by atoms with Gasteiger partial charge in [-0.25, -0.2) is 4.79 Å². The van der Waals surface area contributed by atoms with Crippen LogP contribution in [0.4, 0.5) is 0 Å². The zero-order chi connectivity index (χ0) is 14.6. The lowest BCUT2D eigenvalue weighted by Crippen LogP contribution is -2.53. The van der Waals surface area contributed by atoms with Gasteiger partial charge in [0.15, 0.2) is 0 Å². The highest BCUT2D eigenvalue weighted by atomic mass is 16.5. The molecule has 0 bridgehead atoms. The fourth-order valence-corrected chi connectivity index (χ4v) is 2.47. The second-order valence-corrected chi connectivity index (χ2v) is 5.67. The lowest BCUT2D eigenvalue weighted by atomic mass is 9.90. The minimum Gasteiger partial charge on any atom is -0.465 e. The standard InChI is InChI=1S/C15H23N3O2/c1-15(17-16)7-9-18(10-8-15)11-12-3-5-13(6-4-12)14(19)20-2/h3-6,17H,7-11,16H2,1-2H3. The van der Waals surface area contributed by atoms with E-state index in [2.05, 4.69) is 17.2 Å². The number of rotatable bonds is 4. The van der Waals surface area contributed by atoms with Gasteiger partial charge in [0.05, 0.1) is 12.7 Å². The number of nitrogens with one attached hydrogen (secondary N) is 1. The highest BCUT2D eigenvalue weighted by Crippen LogP contribution is 2.22. The van der Waals surface area contributed by atoms with E-state index in [0.717, 1.165) is 32.5 Å². The molecule has 1 fully saturated rings. The average molecular weight is 277 g/mol. The number of methoxy groups -OCH3 is 1. The summed E-state index contributed by atoms with van der Waals surface area (Å²) in [5.41, 5.74) is 4.78. The number of nitrogens with two attached hydrogens (primary N) is 1. The Morgan fingerprint density at radius 3 is 2.45 bits per heavy atom. The zero-order valence-electron chi connectivity index (χ0n) is 12.2. The number of hydrazine groups is 1. The van der Waals surface area contributed by atoms with E-state index in [9.17, 15) is 4.79 Å². The van der Waals surface area contributed by atoms with Gasteiger partial charge in [-0.3, -0.25) is 16.2 Å². The smallest absolute Gasteiger partial charge is 0.337 e. The van der Waals surface area contributed by atoms with Crippen LogP contribution in [0, 0.1) is 0 Å². The van der Waals surface area contributed by atoms with Crippen molar-refractivity contribution < 1.29 is 9.53 Å². The Morgan fingerprint density at radius 1 is 1.35 bits per heavy atom.